The number of aliphatic hydroxyl groups is 2. The van der Waals surface area contributed by atoms with Gasteiger partial charge in [0.2, 0.25) is 1.43 Å². The van der Waals surface area contributed by atoms with E-state index in [2.05, 4.69) is 10.3 Å². The van der Waals surface area contributed by atoms with Crippen LogP contribution in [0.1, 0.15) is 20.3 Å². The molecule has 0 spiro atoms. The van der Waals surface area contributed by atoms with E-state index in [0.29, 0.717) is 0 Å². The van der Waals surface area contributed by atoms with Gasteiger partial charge >= 0.3 is 0 Å². The lowest BCUT2D eigenvalue weighted by molar-refractivity contribution is -0.215. The fraction of sp³-hybridized carbons (Fsp3) is 1.00. The first-order chi connectivity index (χ1) is 6.03. The Hall–Kier alpha value is -0.520. The summed E-state index contributed by atoms with van der Waals surface area (Å²) in [7, 11) is 0. The molecule has 0 saturated carbocycles. The van der Waals surface area contributed by atoms with E-state index < -0.39 is 24.0 Å². The smallest absolute Gasteiger partial charge is 0.213 e. The van der Waals surface area contributed by atoms with Crippen LogP contribution in [0.25, 0.3) is 0 Å². The highest BCUT2D eigenvalue weighted by Gasteiger charge is 2.45. The third kappa shape index (κ3) is 1.48. The molecule has 1 aliphatic heterocycles. The molecule has 1 fully saturated rings. The van der Waals surface area contributed by atoms with Crippen LogP contribution in [0.15, 0.2) is 5.18 Å². The zero-order valence-corrected chi connectivity index (χ0v) is 7.06. The van der Waals surface area contributed by atoms with E-state index in [-0.39, 0.29) is 6.42 Å². The molecule has 2 N–H and O–H groups in total. The van der Waals surface area contributed by atoms with Crippen molar-refractivity contribution in [3.8, 4) is 0 Å². The van der Waals surface area contributed by atoms with Crippen LogP contribution in [0.3, 0.4) is 0 Å². The lowest BCUT2D eigenvalue weighted by Gasteiger charge is -2.38. The molecule has 12 heavy (non-hydrogen) atoms. The lowest BCUT2D eigenvalue weighted by Crippen LogP contribution is -2.53. The van der Waals surface area contributed by atoms with Crippen molar-refractivity contribution in [1.29, 1.82) is 1.43 Å². The van der Waals surface area contributed by atoms with E-state index in [1.807, 2.05) is 0 Å². The maximum Gasteiger partial charge on any atom is 0.213 e. The second-order valence-corrected chi connectivity index (χ2v) is 3.37. The molecule has 1 heterocycles. The van der Waals surface area contributed by atoms with Crippen molar-refractivity contribution >= 4 is 0 Å². The highest BCUT2D eigenvalue weighted by atomic mass is 16.6. The van der Waals surface area contributed by atoms with Gasteiger partial charge in [-0.05, 0) is 13.8 Å². The number of hydrogen-bond acceptors (Lipinski definition) is 5. The summed E-state index contributed by atoms with van der Waals surface area (Å²) in [5, 5.41) is 16.7. The van der Waals surface area contributed by atoms with Crippen molar-refractivity contribution < 1.29 is 15.0 Å². The second-order valence-electron chi connectivity index (χ2n) is 3.37. The van der Waals surface area contributed by atoms with Gasteiger partial charge in [0.1, 0.15) is 11.6 Å². The largest absolute Gasteiger partial charge is 0.388 e. The zero-order chi connectivity index (χ0) is 10.1. The molecule has 1 aliphatic rings. The lowest BCUT2D eigenvalue weighted by atomic mass is 9.86. The standard InChI is InChI=1S/C7H13NO4/c1-4-6(10)7(2,8-11)3-5(9)12-4/h4-6,9-10H,3H2,1-2H3/t4-,5-,6-,7-/m0/s1/i9T. The molecule has 0 aromatic carbocycles. The Labute approximate surface area is 71.8 Å². The summed E-state index contributed by atoms with van der Waals surface area (Å²) in [6, 6.07) is 0. The molecule has 0 amide bonds. The summed E-state index contributed by atoms with van der Waals surface area (Å²) in [5.74, 6) is 0. The minimum absolute atomic E-state index is 0.103. The predicted octanol–water partition coefficient (Wildman–Crippen LogP) is -0.000400. The van der Waals surface area contributed by atoms with Gasteiger partial charge in [0.05, 0.1) is 6.10 Å². The first-order valence-electron chi connectivity index (χ1n) is 4.24. The van der Waals surface area contributed by atoms with Crippen LogP contribution < -0.4 is 0 Å². The average molecular weight is 177 g/mol. The van der Waals surface area contributed by atoms with Crippen molar-refractivity contribution in [2.24, 2.45) is 5.18 Å². The molecule has 0 radical (unpaired) electrons. The van der Waals surface area contributed by atoms with Crippen molar-refractivity contribution in [3.63, 3.8) is 0 Å². The molecule has 0 aromatic heterocycles. The number of nitroso groups, excluding NO2 is 1. The second kappa shape index (κ2) is 3.08. The van der Waals surface area contributed by atoms with Crippen LogP contribution in [0.2, 0.25) is 0 Å². The minimum atomic E-state index is -1.12. The topological polar surface area (TPSA) is 79.1 Å². The number of rotatable bonds is 2. The summed E-state index contributed by atoms with van der Waals surface area (Å²) in [4.78, 5) is 10.5. The van der Waals surface area contributed by atoms with E-state index in [1.54, 1.807) is 6.92 Å². The number of hydrogen-bond donors (Lipinski definition) is 2. The van der Waals surface area contributed by atoms with E-state index in [0.717, 1.165) is 0 Å². The summed E-state index contributed by atoms with van der Waals surface area (Å²) < 4.78 is 11.7. The average Bonchev–Trinajstić information content (AvgIpc) is 2.13. The Morgan fingerprint density at radius 2 is 2.50 bits per heavy atom. The van der Waals surface area contributed by atoms with Gasteiger partial charge in [-0.3, -0.25) is 0 Å². The van der Waals surface area contributed by atoms with Gasteiger partial charge < -0.3 is 15.0 Å². The molecule has 0 bridgehead atoms. The normalized spacial score (nSPS) is 49.9. The van der Waals surface area contributed by atoms with E-state index in [9.17, 15) is 10.0 Å². The Bertz CT molecular complexity index is 203. The monoisotopic (exact) mass is 177 g/mol. The Morgan fingerprint density at radius 1 is 1.83 bits per heavy atom. The molecule has 5 heteroatoms. The zero-order valence-electron chi connectivity index (χ0n) is 8.06. The Kier molecular flexibility index (Phi) is 2.08. The van der Waals surface area contributed by atoms with Gasteiger partial charge in [-0.25, -0.2) is 0 Å². The third-order valence-electron chi connectivity index (χ3n) is 2.24. The SMILES string of the molecule is [3H]O[C@@H]1C[C@](C)(N=O)[C@@H](O)[C@H](C)O1. The first kappa shape index (κ1) is 8.10. The first-order valence-corrected chi connectivity index (χ1v) is 3.83. The maximum atomic E-state index is 10.5. The number of ether oxygens (including phenoxy) is 1. The maximum absolute atomic E-state index is 10.5. The van der Waals surface area contributed by atoms with Gasteiger partial charge in [0.25, 0.3) is 0 Å². The molecule has 4 atom stereocenters. The van der Waals surface area contributed by atoms with Crippen LogP contribution in [-0.2, 0) is 4.74 Å². The van der Waals surface area contributed by atoms with Crippen LogP contribution in [0.5, 0.6) is 0 Å². The molecule has 70 valence electrons. The van der Waals surface area contributed by atoms with Crippen molar-refractivity contribution in [2.75, 3.05) is 0 Å². The molecule has 5 nitrogen and oxygen atoms in total. The molecule has 0 aromatic rings. The van der Waals surface area contributed by atoms with Crippen LogP contribution in [-0.4, -0.2) is 35.7 Å². The van der Waals surface area contributed by atoms with Gasteiger partial charge in [0.15, 0.2) is 6.29 Å². The van der Waals surface area contributed by atoms with Gasteiger partial charge in [-0.2, -0.15) is 4.91 Å². The molecule has 1 rings (SSSR count). The van der Waals surface area contributed by atoms with Gasteiger partial charge in [0, 0.05) is 6.42 Å². The predicted molar refractivity (Wildman–Crippen MR) is 41.4 cm³/mol. The fourth-order valence-corrected chi connectivity index (χ4v) is 1.42. The third-order valence-corrected chi connectivity index (χ3v) is 2.24. The highest BCUT2D eigenvalue weighted by Crippen LogP contribution is 2.30. The minimum Gasteiger partial charge on any atom is -0.388 e. The molecular weight excluding hydrogens is 162 g/mol. The van der Waals surface area contributed by atoms with Gasteiger partial charge in [-0.15, -0.1) is 0 Å². The molecule has 0 aliphatic carbocycles. The summed E-state index contributed by atoms with van der Waals surface area (Å²) in [6.07, 6.45) is -2.19. The van der Waals surface area contributed by atoms with Crippen LogP contribution in [0.4, 0.5) is 0 Å². The van der Waals surface area contributed by atoms with Crippen LogP contribution in [0, 0.1) is 4.91 Å². The fourth-order valence-electron chi connectivity index (χ4n) is 1.42. The van der Waals surface area contributed by atoms with E-state index in [1.165, 1.54) is 6.92 Å². The summed E-state index contributed by atoms with van der Waals surface area (Å²) >= 11 is 0. The highest BCUT2D eigenvalue weighted by molar-refractivity contribution is 4.97. The summed E-state index contributed by atoms with van der Waals surface area (Å²) in [5.41, 5.74) is -1.12. The summed E-state index contributed by atoms with van der Waals surface area (Å²) in [6.45, 7) is 3.13. The number of nitrogens with zero attached hydrogens (tertiary/aromatic N) is 1. The van der Waals surface area contributed by atoms with Crippen molar-refractivity contribution in [3.05, 3.63) is 4.91 Å². The molecule has 0 unspecified atom stereocenters. The number of aliphatic hydroxyl groups excluding tert-OH is 2. The van der Waals surface area contributed by atoms with Crippen molar-refractivity contribution in [1.82, 2.24) is 0 Å². The Balaban J connectivity index is 2.77. The van der Waals surface area contributed by atoms with E-state index in [4.69, 9.17) is 6.17 Å². The van der Waals surface area contributed by atoms with E-state index >= 15 is 0 Å². The van der Waals surface area contributed by atoms with Gasteiger partial charge in [-0.1, -0.05) is 5.18 Å². The Morgan fingerprint density at radius 3 is 3.00 bits per heavy atom. The molecule has 1 saturated heterocycles. The van der Waals surface area contributed by atoms with Crippen molar-refractivity contribution in [2.45, 2.75) is 44.3 Å². The van der Waals surface area contributed by atoms with Crippen LogP contribution >= 0.6 is 0 Å². The quantitative estimate of drug-likeness (QED) is 0.582. The molecular formula is C7H13NO4.